The third kappa shape index (κ3) is 3.79. The molecule has 2 heteroatoms. The Hall–Kier alpha value is -5.86. The summed E-state index contributed by atoms with van der Waals surface area (Å²) in [5.41, 5.74) is 10.6. The molecule has 0 saturated carbocycles. The molecule has 1 aliphatic rings. The standard InChI is InChI=1S/C45H31NO/c1-45(2)40-15-7-5-13-34(40)35-23-22-32(26-41(35)45)46(42-16-9-11-28-10-3-4-12-33(28)42)31-21-20-29-18-19-30-24-44-39(27-38(30)37(29)25-31)36-14-6-8-17-43(36)47-44/h3-27H,1-2H3. The molecule has 0 saturated heterocycles. The molecule has 0 aliphatic heterocycles. The summed E-state index contributed by atoms with van der Waals surface area (Å²) in [6.45, 7) is 4.71. The van der Waals surface area contributed by atoms with Gasteiger partial charge in [-0.25, -0.2) is 0 Å². The van der Waals surface area contributed by atoms with Gasteiger partial charge in [0.1, 0.15) is 11.2 Å². The molecule has 0 radical (unpaired) electrons. The minimum absolute atomic E-state index is 0.0926. The van der Waals surface area contributed by atoms with Crippen molar-refractivity contribution in [3.8, 4) is 11.1 Å². The van der Waals surface area contributed by atoms with E-state index in [0.717, 1.165) is 33.3 Å². The number of furan rings is 1. The highest BCUT2D eigenvalue weighted by Gasteiger charge is 2.35. The average Bonchev–Trinajstić information content (AvgIpc) is 3.59. The van der Waals surface area contributed by atoms with Crippen LogP contribution < -0.4 is 4.90 Å². The lowest BCUT2D eigenvalue weighted by Gasteiger charge is -2.29. The molecule has 222 valence electrons. The third-order valence-corrected chi connectivity index (χ3v) is 10.4. The Balaban J connectivity index is 1.24. The summed E-state index contributed by atoms with van der Waals surface area (Å²) in [4.78, 5) is 2.45. The molecule has 1 aromatic heterocycles. The van der Waals surface area contributed by atoms with E-state index in [1.54, 1.807) is 0 Å². The second-order valence-corrected chi connectivity index (χ2v) is 13.4. The molecule has 0 atom stereocenters. The van der Waals surface area contributed by atoms with Gasteiger partial charge in [-0.15, -0.1) is 0 Å². The molecular weight excluding hydrogens is 571 g/mol. The van der Waals surface area contributed by atoms with E-state index in [1.807, 2.05) is 6.07 Å². The van der Waals surface area contributed by atoms with Crippen LogP contribution in [-0.2, 0) is 5.41 Å². The lowest BCUT2D eigenvalue weighted by Crippen LogP contribution is -2.16. The Kier molecular flexibility index (Phi) is 5.37. The number of fused-ring (bicyclic) bond motifs is 10. The molecule has 0 spiro atoms. The molecule has 1 heterocycles. The van der Waals surface area contributed by atoms with E-state index in [2.05, 4.69) is 164 Å². The number of rotatable bonds is 3. The fourth-order valence-corrected chi connectivity index (χ4v) is 8.06. The molecule has 0 amide bonds. The molecule has 0 unspecified atom stereocenters. The van der Waals surface area contributed by atoms with Crippen LogP contribution in [0.1, 0.15) is 25.0 Å². The molecule has 1 aliphatic carbocycles. The van der Waals surface area contributed by atoms with E-state index >= 15 is 0 Å². The summed E-state index contributed by atoms with van der Waals surface area (Å²) in [6, 6.07) is 55.4. The van der Waals surface area contributed by atoms with Crippen molar-refractivity contribution in [2.45, 2.75) is 19.3 Å². The van der Waals surface area contributed by atoms with Gasteiger partial charge in [-0.3, -0.25) is 0 Å². The summed E-state index contributed by atoms with van der Waals surface area (Å²) >= 11 is 0. The SMILES string of the molecule is CC1(C)c2ccccc2-c2ccc(N(c3ccc4ccc5cc6oc7ccccc7c6cc5c4c3)c3cccc4ccccc34)cc21. The first-order valence-corrected chi connectivity index (χ1v) is 16.3. The molecule has 10 rings (SSSR count). The Morgan fingerprint density at radius 3 is 2.02 bits per heavy atom. The van der Waals surface area contributed by atoms with Gasteiger partial charge in [0.05, 0.1) is 5.69 Å². The van der Waals surface area contributed by atoms with Crippen LogP contribution in [0.25, 0.3) is 65.4 Å². The quantitative estimate of drug-likeness (QED) is 0.187. The van der Waals surface area contributed by atoms with Gasteiger partial charge in [-0.2, -0.15) is 0 Å². The monoisotopic (exact) mass is 601 g/mol. The van der Waals surface area contributed by atoms with Gasteiger partial charge >= 0.3 is 0 Å². The van der Waals surface area contributed by atoms with Crippen LogP contribution in [0.3, 0.4) is 0 Å². The first kappa shape index (κ1) is 26.4. The minimum Gasteiger partial charge on any atom is -0.456 e. The van der Waals surface area contributed by atoms with E-state index in [-0.39, 0.29) is 5.41 Å². The van der Waals surface area contributed by atoms with E-state index in [9.17, 15) is 0 Å². The van der Waals surface area contributed by atoms with Crippen LogP contribution in [0.15, 0.2) is 156 Å². The first-order valence-electron chi connectivity index (χ1n) is 16.3. The van der Waals surface area contributed by atoms with Gasteiger partial charge in [0, 0.05) is 32.9 Å². The van der Waals surface area contributed by atoms with Crippen molar-refractivity contribution in [2.24, 2.45) is 0 Å². The molecule has 0 bridgehead atoms. The fraction of sp³-hybridized carbons (Fsp3) is 0.0667. The lowest BCUT2D eigenvalue weighted by atomic mass is 9.82. The van der Waals surface area contributed by atoms with Crippen molar-refractivity contribution < 1.29 is 4.42 Å². The predicted octanol–water partition coefficient (Wildman–Crippen LogP) is 12.8. The van der Waals surface area contributed by atoms with Gasteiger partial charge in [-0.05, 0) is 97.7 Å². The molecule has 0 fully saturated rings. The second kappa shape index (κ2) is 9.57. The molecule has 2 nitrogen and oxygen atoms in total. The maximum absolute atomic E-state index is 6.26. The Labute approximate surface area is 273 Å². The summed E-state index contributed by atoms with van der Waals surface area (Å²) < 4.78 is 6.26. The van der Waals surface area contributed by atoms with Crippen LogP contribution in [0.2, 0.25) is 0 Å². The largest absolute Gasteiger partial charge is 0.456 e. The zero-order chi connectivity index (χ0) is 31.3. The molecule has 0 N–H and O–H groups in total. The van der Waals surface area contributed by atoms with E-state index in [0.29, 0.717) is 0 Å². The normalized spacial score (nSPS) is 13.5. The van der Waals surface area contributed by atoms with Crippen molar-refractivity contribution in [3.63, 3.8) is 0 Å². The van der Waals surface area contributed by atoms with E-state index in [4.69, 9.17) is 4.42 Å². The van der Waals surface area contributed by atoms with Crippen LogP contribution in [-0.4, -0.2) is 0 Å². The third-order valence-electron chi connectivity index (χ3n) is 10.4. The smallest absolute Gasteiger partial charge is 0.136 e. The van der Waals surface area contributed by atoms with Crippen molar-refractivity contribution in [1.82, 2.24) is 0 Å². The van der Waals surface area contributed by atoms with Crippen molar-refractivity contribution >= 4 is 71.3 Å². The molecule has 9 aromatic rings. The Morgan fingerprint density at radius 1 is 0.426 bits per heavy atom. The van der Waals surface area contributed by atoms with Crippen LogP contribution in [0.5, 0.6) is 0 Å². The van der Waals surface area contributed by atoms with E-state index in [1.165, 1.54) is 60.3 Å². The fourth-order valence-electron chi connectivity index (χ4n) is 8.06. The number of nitrogens with zero attached hydrogens (tertiary/aromatic N) is 1. The summed E-state index contributed by atoms with van der Waals surface area (Å²) in [5.74, 6) is 0. The average molecular weight is 602 g/mol. The number of hydrogen-bond donors (Lipinski definition) is 0. The van der Waals surface area contributed by atoms with Crippen molar-refractivity contribution in [1.29, 1.82) is 0 Å². The maximum Gasteiger partial charge on any atom is 0.136 e. The predicted molar refractivity (Wildman–Crippen MR) is 198 cm³/mol. The zero-order valence-electron chi connectivity index (χ0n) is 26.3. The second-order valence-electron chi connectivity index (χ2n) is 13.4. The van der Waals surface area contributed by atoms with Gasteiger partial charge < -0.3 is 9.32 Å². The zero-order valence-corrected chi connectivity index (χ0v) is 26.3. The van der Waals surface area contributed by atoms with Gasteiger partial charge in [0.25, 0.3) is 0 Å². The van der Waals surface area contributed by atoms with Crippen LogP contribution >= 0.6 is 0 Å². The maximum atomic E-state index is 6.26. The molecule has 47 heavy (non-hydrogen) atoms. The number of para-hydroxylation sites is 1. The summed E-state index contributed by atoms with van der Waals surface area (Å²) in [5, 5.41) is 9.60. The number of hydrogen-bond acceptors (Lipinski definition) is 2. The first-order chi connectivity index (χ1) is 23.0. The van der Waals surface area contributed by atoms with Gasteiger partial charge in [0.15, 0.2) is 0 Å². The van der Waals surface area contributed by atoms with Crippen LogP contribution in [0, 0.1) is 0 Å². The van der Waals surface area contributed by atoms with Gasteiger partial charge in [0.2, 0.25) is 0 Å². The van der Waals surface area contributed by atoms with Crippen LogP contribution in [0.4, 0.5) is 17.1 Å². The summed E-state index contributed by atoms with van der Waals surface area (Å²) in [6.07, 6.45) is 0. The highest BCUT2D eigenvalue weighted by molar-refractivity contribution is 6.17. The molecular formula is C45H31NO. The number of anilines is 3. The van der Waals surface area contributed by atoms with Crippen molar-refractivity contribution in [3.05, 3.63) is 163 Å². The van der Waals surface area contributed by atoms with E-state index < -0.39 is 0 Å². The summed E-state index contributed by atoms with van der Waals surface area (Å²) in [7, 11) is 0. The number of benzene rings is 8. The highest BCUT2D eigenvalue weighted by Crippen LogP contribution is 2.51. The van der Waals surface area contributed by atoms with Gasteiger partial charge in [-0.1, -0.05) is 117 Å². The topological polar surface area (TPSA) is 16.4 Å². The Morgan fingerprint density at radius 2 is 1.09 bits per heavy atom. The Bertz CT molecular complexity index is 2720. The molecule has 8 aromatic carbocycles. The van der Waals surface area contributed by atoms with Crippen molar-refractivity contribution in [2.75, 3.05) is 4.90 Å². The highest BCUT2D eigenvalue weighted by atomic mass is 16.3. The lowest BCUT2D eigenvalue weighted by molar-refractivity contribution is 0.660. The minimum atomic E-state index is -0.0926.